The van der Waals surface area contributed by atoms with E-state index in [4.69, 9.17) is 5.11 Å². The van der Waals surface area contributed by atoms with E-state index in [-0.39, 0.29) is 68.9 Å². The molecule has 2 rings (SSSR count). The van der Waals surface area contributed by atoms with Crippen molar-refractivity contribution in [3.63, 3.8) is 0 Å². The quantitative estimate of drug-likeness (QED) is 0.780. The van der Waals surface area contributed by atoms with Gasteiger partial charge in [0, 0.05) is 0 Å². The van der Waals surface area contributed by atoms with Crippen molar-refractivity contribution in [2.75, 3.05) is 0 Å². The van der Waals surface area contributed by atoms with Crippen LogP contribution in [0.25, 0.3) is 10.8 Å². The van der Waals surface area contributed by atoms with Gasteiger partial charge in [0.1, 0.15) is 5.75 Å². The Morgan fingerprint density at radius 2 is 1.50 bits per heavy atom. The van der Waals surface area contributed by atoms with Crippen LogP contribution in [0.5, 0.6) is 5.75 Å². The van der Waals surface area contributed by atoms with E-state index in [1.165, 1.54) is 0 Å². The Balaban J connectivity index is 0.000000720. The summed E-state index contributed by atoms with van der Waals surface area (Å²) in [6.07, 6.45) is 0. The predicted molar refractivity (Wildman–Crippen MR) is 52.8 cm³/mol. The molecular formula is C10H9CsO. The van der Waals surface area contributed by atoms with E-state index in [2.05, 4.69) is 0 Å². The van der Waals surface area contributed by atoms with Crippen LogP contribution in [0.2, 0.25) is 0 Å². The van der Waals surface area contributed by atoms with Gasteiger partial charge >= 0.3 is 68.9 Å². The molecule has 0 aliphatic rings. The van der Waals surface area contributed by atoms with Gasteiger partial charge in [0.05, 0.1) is 0 Å². The molecule has 56 valence electrons. The summed E-state index contributed by atoms with van der Waals surface area (Å²) in [4.78, 5) is 0. The standard InChI is InChI=1S/C10H8O.Cs.H/c11-10-6-5-8-3-1-2-4-9(8)7-10;;/h1-7,11H;;. The second-order valence-corrected chi connectivity index (χ2v) is 2.53. The Bertz CT molecular complexity index is 384. The molecule has 0 aromatic heterocycles. The zero-order chi connectivity index (χ0) is 7.68. The molecular weight excluding hydrogens is 269 g/mol. The summed E-state index contributed by atoms with van der Waals surface area (Å²) in [5.41, 5.74) is 0. The second kappa shape index (κ2) is 4.69. The summed E-state index contributed by atoms with van der Waals surface area (Å²) in [6.45, 7) is 0. The first-order chi connectivity index (χ1) is 5.36. The molecule has 0 heterocycles. The van der Waals surface area contributed by atoms with Crippen molar-refractivity contribution in [1.29, 1.82) is 0 Å². The maximum atomic E-state index is 9.13. The summed E-state index contributed by atoms with van der Waals surface area (Å²) in [7, 11) is 0. The second-order valence-electron chi connectivity index (χ2n) is 2.53. The molecule has 0 aliphatic carbocycles. The molecule has 0 bridgehead atoms. The van der Waals surface area contributed by atoms with Crippen molar-refractivity contribution in [2.24, 2.45) is 0 Å². The van der Waals surface area contributed by atoms with Crippen molar-refractivity contribution < 1.29 is 5.11 Å². The maximum absolute atomic E-state index is 9.13. The van der Waals surface area contributed by atoms with Gasteiger partial charge in [0.2, 0.25) is 0 Å². The predicted octanol–water partition coefficient (Wildman–Crippen LogP) is 1.90. The van der Waals surface area contributed by atoms with Gasteiger partial charge in [0.15, 0.2) is 0 Å². The first kappa shape index (κ1) is 10.6. The number of rotatable bonds is 0. The summed E-state index contributed by atoms with van der Waals surface area (Å²) in [5.74, 6) is 0.323. The average molecular weight is 278 g/mol. The summed E-state index contributed by atoms with van der Waals surface area (Å²) < 4.78 is 0. The van der Waals surface area contributed by atoms with Gasteiger partial charge < -0.3 is 5.11 Å². The fourth-order valence-corrected chi connectivity index (χ4v) is 1.18. The number of benzene rings is 2. The normalized spacial score (nSPS) is 9.33. The van der Waals surface area contributed by atoms with E-state index >= 15 is 0 Å². The number of hydrogen-bond acceptors (Lipinski definition) is 1. The van der Waals surface area contributed by atoms with E-state index in [0.29, 0.717) is 5.75 Å². The number of hydrogen-bond donors (Lipinski definition) is 1. The molecule has 2 aromatic carbocycles. The van der Waals surface area contributed by atoms with Gasteiger partial charge in [-0.15, -0.1) is 0 Å². The van der Waals surface area contributed by atoms with Crippen LogP contribution in [-0.4, -0.2) is 74.0 Å². The Kier molecular flexibility index (Phi) is 4.16. The van der Waals surface area contributed by atoms with Crippen molar-refractivity contribution in [3.05, 3.63) is 42.5 Å². The molecule has 0 atom stereocenters. The molecule has 1 N–H and O–H groups in total. The van der Waals surface area contributed by atoms with Gasteiger partial charge in [-0.3, -0.25) is 0 Å². The number of phenolic OH excluding ortho intramolecular Hbond substituents is 1. The van der Waals surface area contributed by atoms with Crippen LogP contribution in [0, 0.1) is 0 Å². The third-order valence-electron chi connectivity index (χ3n) is 1.73. The SMILES string of the molecule is Oc1ccc2ccccc2c1.[CsH]. The Hall–Kier alpha value is 0.552. The molecule has 0 aliphatic heterocycles. The zero-order valence-electron chi connectivity index (χ0n) is 5.99. The summed E-state index contributed by atoms with van der Waals surface area (Å²) >= 11 is 0. The Labute approximate surface area is 130 Å². The van der Waals surface area contributed by atoms with E-state index in [1.807, 2.05) is 30.3 Å². The van der Waals surface area contributed by atoms with Gasteiger partial charge in [0.25, 0.3) is 0 Å². The topological polar surface area (TPSA) is 20.2 Å². The van der Waals surface area contributed by atoms with Gasteiger partial charge in [-0.1, -0.05) is 30.3 Å². The minimum absolute atomic E-state index is 0. The van der Waals surface area contributed by atoms with Gasteiger partial charge in [-0.25, -0.2) is 0 Å². The molecule has 0 saturated carbocycles. The van der Waals surface area contributed by atoms with Crippen LogP contribution in [0.1, 0.15) is 0 Å². The third-order valence-corrected chi connectivity index (χ3v) is 1.73. The molecule has 0 unspecified atom stereocenters. The molecule has 2 heteroatoms. The molecule has 0 radical (unpaired) electrons. The summed E-state index contributed by atoms with van der Waals surface area (Å²) in [6, 6.07) is 13.3. The molecule has 0 spiro atoms. The van der Waals surface area contributed by atoms with E-state index in [0.717, 1.165) is 10.8 Å². The van der Waals surface area contributed by atoms with Gasteiger partial charge in [-0.05, 0) is 22.9 Å². The van der Waals surface area contributed by atoms with E-state index in [1.54, 1.807) is 12.1 Å². The first-order valence-electron chi connectivity index (χ1n) is 3.54. The first-order valence-corrected chi connectivity index (χ1v) is 3.54. The minimum atomic E-state index is 0. The van der Waals surface area contributed by atoms with Crippen molar-refractivity contribution >= 4 is 79.7 Å². The van der Waals surface area contributed by atoms with Gasteiger partial charge in [-0.2, -0.15) is 0 Å². The van der Waals surface area contributed by atoms with E-state index < -0.39 is 0 Å². The molecule has 0 amide bonds. The fraction of sp³-hybridized carbons (Fsp3) is 0. The number of phenols is 1. The monoisotopic (exact) mass is 278 g/mol. The summed E-state index contributed by atoms with van der Waals surface area (Å²) in [5, 5.41) is 11.4. The van der Waals surface area contributed by atoms with Crippen LogP contribution >= 0.6 is 0 Å². The van der Waals surface area contributed by atoms with Crippen LogP contribution in [0.4, 0.5) is 0 Å². The molecule has 2 aromatic rings. The van der Waals surface area contributed by atoms with Crippen molar-refractivity contribution in [2.45, 2.75) is 0 Å². The average Bonchev–Trinajstić information content (AvgIpc) is 2.04. The molecule has 1 nitrogen and oxygen atoms in total. The van der Waals surface area contributed by atoms with Crippen LogP contribution in [0.15, 0.2) is 42.5 Å². The van der Waals surface area contributed by atoms with Crippen LogP contribution in [-0.2, 0) is 0 Å². The Morgan fingerprint density at radius 1 is 0.833 bits per heavy atom. The van der Waals surface area contributed by atoms with Crippen molar-refractivity contribution in [1.82, 2.24) is 0 Å². The van der Waals surface area contributed by atoms with Crippen molar-refractivity contribution in [3.8, 4) is 5.75 Å². The van der Waals surface area contributed by atoms with E-state index in [9.17, 15) is 0 Å². The van der Waals surface area contributed by atoms with Crippen LogP contribution < -0.4 is 0 Å². The number of aromatic hydroxyl groups is 1. The zero-order valence-corrected chi connectivity index (χ0v) is 5.99. The molecule has 0 saturated heterocycles. The number of fused-ring (bicyclic) bond motifs is 1. The molecule has 12 heavy (non-hydrogen) atoms. The van der Waals surface area contributed by atoms with Crippen LogP contribution in [0.3, 0.4) is 0 Å². The fourth-order valence-electron chi connectivity index (χ4n) is 1.18. The molecule has 0 fully saturated rings. The third kappa shape index (κ3) is 2.28. The Morgan fingerprint density at radius 3 is 2.25 bits per heavy atom.